The second-order valence-corrected chi connectivity index (χ2v) is 17.7. The number of hydroxylamine groups is 2. The number of nitrogens with two attached hydrogens (primary N) is 3. The van der Waals surface area contributed by atoms with Gasteiger partial charge in [-0.05, 0) is 55.7 Å². The molecule has 22 heteroatoms. The Hall–Kier alpha value is -7.17. The number of nitrogens with zero attached hydrogens (tertiary/aromatic N) is 3. The van der Waals surface area contributed by atoms with Gasteiger partial charge in [-0.1, -0.05) is 68.3 Å². The summed E-state index contributed by atoms with van der Waals surface area (Å²) in [4.78, 5) is 118. The minimum atomic E-state index is -1.31. The molecule has 1 unspecified atom stereocenters. The lowest BCUT2D eigenvalue weighted by atomic mass is 10.0. The standard InChI is InChI=1S/C48H66N14O8/c1-2-3-16-34(49)42(64)58-40-24-41-62(70-41)20-10-9-14-31(27-63)56-44(66)38(22-30-25-54-35-17-8-7-15-33(30)35)60-43(65)36(18-11-19-53-48(50)51)57-45(67)37(21-29-12-5-4-6-13-29)59-46(68)39(61-47(40)69)23-32-26-52-28-55-32/h4-8,12-13,15,17,25-28,31,34,36-41,54H,2-3,9-11,14,16,18-24,49H2,1H3,(H,52,55)(H,56,66)(H,57,67)(H,58,64)(H,59,68)(H,60,65)(H,61,69)(H4,50,51,53)/t31-,34-,36-,37+,38-,39-,40-,41-,62?/m0/s1. The number of carbonyl (C=O) groups is 7. The molecule has 2 aromatic heterocycles. The maximum atomic E-state index is 14.6. The number of rotatable bonds is 16. The van der Waals surface area contributed by atoms with Crippen LogP contribution in [0.2, 0.25) is 0 Å². The maximum Gasteiger partial charge on any atom is 0.243 e. The fourth-order valence-electron chi connectivity index (χ4n) is 8.32. The fraction of sp³-hybridized carbons (Fsp3) is 0.479. The van der Waals surface area contributed by atoms with E-state index in [9.17, 15) is 33.6 Å². The molecule has 2 aliphatic heterocycles. The van der Waals surface area contributed by atoms with Crippen molar-refractivity contribution in [3.8, 4) is 0 Å². The van der Waals surface area contributed by atoms with Crippen molar-refractivity contribution in [3.05, 3.63) is 90.1 Å². The molecule has 2 aromatic carbocycles. The van der Waals surface area contributed by atoms with E-state index in [1.807, 2.05) is 31.2 Å². The number of aldehydes is 1. The number of nitrogens with one attached hydrogen (secondary N) is 8. The predicted octanol–water partition coefficient (Wildman–Crippen LogP) is -0.255. The van der Waals surface area contributed by atoms with Gasteiger partial charge in [-0.25, -0.2) is 4.98 Å². The van der Waals surface area contributed by atoms with Crippen LogP contribution < -0.4 is 49.1 Å². The van der Waals surface area contributed by atoms with Crippen LogP contribution in [-0.2, 0) is 57.7 Å². The zero-order chi connectivity index (χ0) is 50.0. The molecule has 376 valence electrons. The number of aliphatic imine (C=N–C) groups is 1. The van der Waals surface area contributed by atoms with E-state index in [2.05, 4.69) is 51.8 Å². The van der Waals surface area contributed by atoms with Crippen LogP contribution in [0.25, 0.3) is 10.9 Å². The molecule has 9 atom stereocenters. The molecule has 0 bridgehead atoms. The van der Waals surface area contributed by atoms with Gasteiger partial charge in [0.2, 0.25) is 35.4 Å². The number of amides is 6. The number of unbranched alkanes of at least 4 members (excludes halogenated alkanes) is 1. The first kappa shape index (κ1) is 52.2. The Labute approximate surface area is 405 Å². The lowest BCUT2D eigenvalue weighted by Gasteiger charge is -2.27. The zero-order valence-electron chi connectivity index (χ0n) is 39.4. The average molecular weight is 967 g/mol. The minimum absolute atomic E-state index is 0.00590. The summed E-state index contributed by atoms with van der Waals surface area (Å²) in [5.41, 5.74) is 20.1. The van der Waals surface area contributed by atoms with E-state index in [1.165, 1.54) is 12.5 Å². The molecule has 0 radical (unpaired) electrons. The molecule has 2 saturated heterocycles. The van der Waals surface area contributed by atoms with Crippen LogP contribution in [-0.4, -0.2) is 129 Å². The molecule has 4 heterocycles. The molecule has 6 rings (SSSR count). The topological polar surface area (TPSA) is 342 Å². The number of guanidine groups is 1. The second-order valence-electron chi connectivity index (χ2n) is 17.7. The number of aromatic amines is 2. The third-order valence-corrected chi connectivity index (χ3v) is 12.3. The fourth-order valence-corrected chi connectivity index (χ4v) is 8.32. The van der Waals surface area contributed by atoms with Gasteiger partial charge < -0.3 is 63.9 Å². The van der Waals surface area contributed by atoms with Crippen molar-refractivity contribution in [2.45, 2.75) is 132 Å². The first-order chi connectivity index (χ1) is 33.8. The first-order valence-electron chi connectivity index (χ1n) is 23.9. The summed E-state index contributed by atoms with van der Waals surface area (Å²) in [7, 11) is 0. The highest BCUT2D eigenvalue weighted by Crippen LogP contribution is 2.26. The average Bonchev–Trinajstić information content (AvgIpc) is 3.64. The predicted molar refractivity (Wildman–Crippen MR) is 260 cm³/mol. The highest BCUT2D eigenvalue weighted by Gasteiger charge is 2.41. The van der Waals surface area contributed by atoms with Gasteiger partial charge in [-0.2, -0.15) is 5.06 Å². The van der Waals surface area contributed by atoms with Crippen LogP contribution in [0, 0.1) is 0 Å². The van der Waals surface area contributed by atoms with Crippen molar-refractivity contribution in [1.29, 1.82) is 0 Å². The molecule has 6 amide bonds. The van der Waals surface area contributed by atoms with Crippen LogP contribution in [0.4, 0.5) is 0 Å². The van der Waals surface area contributed by atoms with Crippen molar-refractivity contribution in [2.24, 2.45) is 22.2 Å². The number of imidazole rings is 1. The molecular formula is C48H66N14O8. The maximum absolute atomic E-state index is 14.6. The summed E-state index contributed by atoms with van der Waals surface area (Å²) in [5.74, 6) is -4.25. The number of aromatic nitrogens is 3. The number of para-hydroxylation sites is 1. The highest BCUT2D eigenvalue weighted by molar-refractivity contribution is 5.97. The van der Waals surface area contributed by atoms with Crippen LogP contribution in [0.3, 0.4) is 0 Å². The number of benzene rings is 2. The third-order valence-electron chi connectivity index (χ3n) is 12.3. The Balaban J connectivity index is 1.34. The Bertz CT molecular complexity index is 2410. The molecule has 22 nitrogen and oxygen atoms in total. The zero-order valence-corrected chi connectivity index (χ0v) is 39.4. The lowest BCUT2D eigenvalue weighted by Crippen LogP contribution is -2.60. The number of hydrogen-bond acceptors (Lipinski definition) is 12. The molecule has 0 aliphatic carbocycles. The summed E-state index contributed by atoms with van der Waals surface area (Å²) in [6.45, 7) is 2.48. The Morgan fingerprint density at radius 2 is 1.51 bits per heavy atom. The molecular weight excluding hydrogens is 901 g/mol. The first-order valence-corrected chi connectivity index (χ1v) is 23.9. The molecule has 2 aliphatic rings. The van der Waals surface area contributed by atoms with Gasteiger partial charge in [0.05, 0.1) is 18.4 Å². The van der Waals surface area contributed by atoms with E-state index >= 15 is 0 Å². The summed E-state index contributed by atoms with van der Waals surface area (Å²) in [5, 5.41) is 19.3. The molecule has 0 spiro atoms. The number of fused-ring (bicyclic) bond motifs is 2. The van der Waals surface area contributed by atoms with E-state index in [0.717, 1.165) is 22.9 Å². The quantitative estimate of drug-likeness (QED) is 0.0227. The summed E-state index contributed by atoms with van der Waals surface area (Å²) in [6.07, 6.45) is 8.06. The van der Waals surface area contributed by atoms with Crippen LogP contribution in [0.1, 0.15) is 81.5 Å². The van der Waals surface area contributed by atoms with Crippen LogP contribution in [0.5, 0.6) is 0 Å². The van der Waals surface area contributed by atoms with E-state index < -0.39 is 84.0 Å². The smallest absolute Gasteiger partial charge is 0.243 e. The summed E-state index contributed by atoms with van der Waals surface area (Å²) in [6, 6.07) is 8.27. The summed E-state index contributed by atoms with van der Waals surface area (Å²) < 4.78 is 0. The Kier molecular flexibility index (Phi) is 19.4. The van der Waals surface area contributed by atoms with Crippen molar-refractivity contribution in [1.82, 2.24) is 51.9 Å². The van der Waals surface area contributed by atoms with E-state index in [1.54, 1.807) is 41.6 Å². The number of H-pyrrole nitrogens is 2. The van der Waals surface area contributed by atoms with Gasteiger partial charge >= 0.3 is 0 Å². The molecule has 14 N–H and O–H groups in total. The SMILES string of the molecule is CCCC[C@H](N)C(=O)N[C@H]1C[C@@H]2ON2CCCC[C@@H](C=O)NC(=O)[C@H](Cc2c[nH]c3ccccc23)NC(=O)[C@H](CCCN=C(N)N)NC(=O)[C@@H](Cc2ccccc2)NC(=O)[C@H](Cc2cnc[nH]2)NC1=O. The lowest BCUT2D eigenvalue weighted by molar-refractivity contribution is -0.135. The molecule has 70 heavy (non-hydrogen) atoms. The second kappa shape index (κ2) is 26.0. The van der Waals surface area contributed by atoms with Gasteiger partial charge in [0, 0.05) is 67.8 Å². The van der Waals surface area contributed by atoms with E-state index in [-0.39, 0.29) is 57.5 Å². The largest absolute Gasteiger partial charge is 0.370 e. The number of carbonyl (C=O) groups excluding carboxylic acids is 7. The molecule has 2 fully saturated rings. The van der Waals surface area contributed by atoms with Gasteiger partial charge in [0.25, 0.3) is 0 Å². The highest BCUT2D eigenvalue weighted by atomic mass is 16.8. The van der Waals surface area contributed by atoms with Gasteiger partial charge in [0.15, 0.2) is 12.2 Å². The van der Waals surface area contributed by atoms with E-state index in [4.69, 9.17) is 22.0 Å². The van der Waals surface area contributed by atoms with Crippen molar-refractivity contribution in [3.63, 3.8) is 0 Å². The Morgan fingerprint density at radius 1 is 0.843 bits per heavy atom. The van der Waals surface area contributed by atoms with Gasteiger partial charge in [-0.15, -0.1) is 0 Å². The van der Waals surface area contributed by atoms with Gasteiger partial charge in [0.1, 0.15) is 36.5 Å². The number of hydrogen-bond donors (Lipinski definition) is 11. The van der Waals surface area contributed by atoms with Crippen LogP contribution >= 0.6 is 0 Å². The van der Waals surface area contributed by atoms with Crippen molar-refractivity contribution in [2.75, 3.05) is 13.1 Å². The van der Waals surface area contributed by atoms with E-state index in [0.29, 0.717) is 49.8 Å². The molecule has 4 aromatic rings. The normalized spacial score (nSPS) is 24.6. The van der Waals surface area contributed by atoms with Crippen molar-refractivity contribution >= 4 is 58.6 Å². The Morgan fingerprint density at radius 3 is 2.23 bits per heavy atom. The van der Waals surface area contributed by atoms with Crippen molar-refractivity contribution < 1.29 is 38.4 Å². The molecule has 0 saturated carbocycles. The van der Waals surface area contributed by atoms with Crippen LogP contribution in [0.15, 0.2) is 78.3 Å². The minimum Gasteiger partial charge on any atom is -0.370 e. The monoisotopic (exact) mass is 967 g/mol. The summed E-state index contributed by atoms with van der Waals surface area (Å²) >= 11 is 0. The third kappa shape index (κ3) is 15.7. The van der Waals surface area contributed by atoms with Gasteiger partial charge in [-0.3, -0.25) is 38.6 Å².